The van der Waals surface area contributed by atoms with Crippen LogP contribution in [-0.4, -0.2) is 37.9 Å². The highest BCUT2D eigenvalue weighted by Gasteiger charge is 2.26. The standard InChI is InChI=1S/C25H26N6O/c32-19-7-3-11-26-24-22(23-25(29-28-24)30-31-27-23)18-9-10-21-17(14-18)6-2-8-20(21)16-5-1-4-15(12-16)13-19/h2,6,8-10,14-16H,1,3-5,7,11-13H2,(H,26,28)(H,27,29,30,31). The fraction of sp³-hybridized carbons (Fsp3) is 0.400. The first kappa shape index (κ1) is 19.3. The molecule has 2 atom stereocenters. The SMILES string of the molecule is O=C1CCCNc2nnc3[nH]nnc3c2-c2ccc3c(cccc3c2)C2CCCC(C1)C2. The van der Waals surface area contributed by atoms with Crippen molar-refractivity contribution in [2.45, 2.75) is 50.9 Å². The molecule has 2 N–H and O–H groups in total. The second kappa shape index (κ2) is 7.97. The minimum atomic E-state index is 0.379. The monoisotopic (exact) mass is 426 g/mol. The fourth-order valence-corrected chi connectivity index (χ4v) is 5.62. The van der Waals surface area contributed by atoms with Gasteiger partial charge in [0.1, 0.15) is 11.3 Å². The highest BCUT2D eigenvalue weighted by atomic mass is 16.1. The molecule has 0 amide bonds. The number of rotatable bonds is 0. The number of carbonyl (C=O) groups is 1. The Balaban J connectivity index is 1.52. The third-order valence-electron chi connectivity index (χ3n) is 7.12. The Morgan fingerprint density at radius 3 is 2.94 bits per heavy atom. The molecule has 4 heterocycles. The molecule has 1 aliphatic carbocycles. The van der Waals surface area contributed by atoms with Gasteiger partial charge in [-0.2, -0.15) is 0 Å². The Labute approximate surface area is 186 Å². The molecular weight excluding hydrogens is 400 g/mol. The van der Waals surface area contributed by atoms with Crippen molar-refractivity contribution in [1.29, 1.82) is 0 Å². The summed E-state index contributed by atoms with van der Waals surface area (Å²) in [5.41, 5.74) is 4.61. The summed E-state index contributed by atoms with van der Waals surface area (Å²) in [5.74, 6) is 2.08. The lowest BCUT2D eigenvalue weighted by Crippen LogP contribution is -2.18. The number of nitrogens with one attached hydrogen (secondary N) is 2. The average Bonchev–Trinajstić information content (AvgIpc) is 3.29. The van der Waals surface area contributed by atoms with Gasteiger partial charge in [0.05, 0.1) is 5.56 Å². The number of nitrogens with zero attached hydrogens (tertiary/aromatic N) is 4. The number of hydrogen-bond donors (Lipinski definition) is 2. The lowest BCUT2D eigenvalue weighted by atomic mass is 9.75. The van der Waals surface area contributed by atoms with E-state index in [0.29, 0.717) is 54.0 Å². The quantitative estimate of drug-likeness (QED) is 0.410. The maximum Gasteiger partial charge on any atom is 0.198 e. The van der Waals surface area contributed by atoms with Crippen molar-refractivity contribution in [3.63, 3.8) is 0 Å². The van der Waals surface area contributed by atoms with Crippen LogP contribution in [0.1, 0.15) is 56.4 Å². The second-order valence-electron chi connectivity index (χ2n) is 9.22. The molecular formula is C25H26N6O. The first-order chi connectivity index (χ1) is 15.8. The molecule has 162 valence electrons. The lowest BCUT2D eigenvalue weighted by Gasteiger charge is -2.30. The van der Waals surface area contributed by atoms with E-state index in [1.54, 1.807) is 0 Å². The van der Waals surface area contributed by atoms with E-state index in [2.05, 4.69) is 67.3 Å². The van der Waals surface area contributed by atoms with Crippen LogP contribution in [0.15, 0.2) is 36.4 Å². The molecule has 7 nitrogen and oxygen atoms in total. The number of aromatic nitrogens is 5. The number of benzene rings is 2. The van der Waals surface area contributed by atoms with Crippen LogP contribution >= 0.6 is 0 Å². The molecule has 2 aliphatic heterocycles. The van der Waals surface area contributed by atoms with E-state index in [0.717, 1.165) is 24.0 Å². The zero-order valence-corrected chi connectivity index (χ0v) is 18.0. The zero-order valence-electron chi connectivity index (χ0n) is 18.0. The summed E-state index contributed by atoms with van der Waals surface area (Å²) >= 11 is 0. The highest BCUT2D eigenvalue weighted by Crippen LogP contribution is 2.41. The summed E-state index contributed by atoms with van der Waals surface area (Å²) < 4.78 is 0. The van der Waals surface area contributed by atoms with E-state index in [-0.39, 0.29) is 0 Å². The number of Topliss-reactive ketones (excluding diaryl/α,β-unsaturated/α-hetero) is 1. The van der Waals surface area contributed by atoms with E-state index < -0.39 is 0 Å². The maximum atomic E-state index is 12.7. The normalized spacial score (nSPS) is 21.7. The predicted molar refractivity (Wildman–Crippen MR) is 124 cm³/mol. The first-order valence-electron chi connectivity index (χ1n) is 11.6. The zero-order chi connectivity index (χ0) is 21.5. The van der Waals surface area contributed by atoms with Gasteiger partial charge in [-0.3, -0.25) is 4.79 Å². The van der Waals surface area contributed by atoms with Crippen LogP contribution in [0.5, 0.6) is 0 Å². The van der Waals surface area contributed by atoms with Crippen molar-refractivity contribution in [2.75, 3.05) is 11.9 Å². The molecule has 7 rings (SSSR count). The van der Waals surface area contributed by atoms with Gasteiger partial charge in [0.25, 0.3) is 0 Å². The Kier molecular flexibility index (Phi) is 4.82. The highest BCUT2D eigenvalue weighted by molar-refractivity contribution is 5.99. The minimum absolute atomic E-state index is 0.379. The van der Waals surface area contributed by atoms with Crippen molar-refractivity contribution >= 4 is 33.5 Å². The largest absolute Gasteiger partial charge is 0.368 e. The van der Waals surface area contributed by atoms with Crippen LogP contribution in [0, 0.1) is 5.92 Å². The van der Waals surface area contributed by atoms with Crippen molar-refractivity contribution in [3.8, 4) is 11.1 Å². The second-order valence-corrected chi connectivity index (χ2v) is 9.22. The molecule has 0 saturated heterocycles. The summed E-state index contributed by atoms with van der Waals surface area (Å²) in [7, 11) is 0. The number of fused-ring (bicyclic) bond motifs is 7. The molecule has 2 aromatic carbocycles. The molecule has 2 aromatic heterocycles. The van der Waals surface area contributed by atoms with Gasteiger partial charge < -0.3 is 5.32 Å². The topological polar surface area (TPSA) is 96.5 Å². The van der Waals surface area contributed by atoms with Gasteiger partial charge in [-0.15, -0.1) is 15.3 Å². The van der Waals surface area contributed by atoms with Crippen LogP contribution in [0.2, 0.25) is 0 Å². The van der Waals surface area contributed by atoms with E-state index in [1.807, 2.05) is 0 Å². The van der Waals surface area contributed by atoms with Gasteiger partial charge in [-0.25, -0.2) is 5.10 Å². The van der Waals surface area contributed by atoms with Gasteiger partial charge in [0.15, 0.2) is 11.5 Å². The third kappa shape index (κ3) is 3.42. The van der Waals surface area contributed by atoms with E-state index >= 15 is 0 Å². The third-order valence-corrected chi connectivity index (χ3v) is 7.12. The van der Waals surface area contributed by atoms with Crippen molar-refractivity contribution < 1.29 is 4.79 Å². The van der Waals surface area contributed by atoms with E-state index in [4.69, 9.17) is 0 Å². The molecule has 4 aromatic rings. The van der Waals surface area contributed by atoms with Crippen LogP contribution in [0.4, 0.5) is 5.82 Å². The van der Waals surface area contributed by atoms with Crippen molar-refractivity contribution in [2.24, 2.45) is 5.92 Å². The van der Waals surface area contributed by atoms with Crippen LogP contribution in [-0.2, 0) is 4.79 Å². The number of anilines is 1. The number of H-pyrrole nitrogens is 1. The minimum Gasteiger partial charge on any atom is -0.368 e. The van der Waals surface area contributed by atoms with E-state index in [9.17, 15) is 4.79 Å². The summed E-state index contributed by atoms with van der Waals surface area (Å²) in [6, 6.07) is 13.2. The van der Waals surface area contributed by atoms with Crippen LogP contribution in [0.3, 0.4) is 0 Å². The first-order valence-corrected chi connectivity index (χ1v) is 11.6. The van der Waals surface area contributed by atoms with E-state index in [1.165, 1.54) is 35.6 Å². The Bertz CT molecular complexity index is 1310. The Hall–Kier alpha value is -3.35. The summed E-state index contributed by atoms with van der Waals surface area (Å²) in [4.78, 5) is 12.7. The summed E-state index contributed by atoms with van der Waals surface area (Å²) in [6.45, 7) is 0.668. The van der Waals surface area contributed by atoms with Gasteiger partial charge in [-0.05, 0) is 65.5 Å². The van der Waals surface area contributed by atoms with Crippen LogP contribution in [0.25, 0.3) is 33.1 Å². The molecule has 6 bridgehead atoms. The predicted octanol–water partition coefficient (Wildman–Crippen LogP) is 5.01. The summed E-state index contributed by atoms with van der Waals surface area (Å²) in [5, 5.41) is 25.6. The smallest absolute Gasteiger partial charge is 0.198 e. The van der Waals surface area contributed by atoms with Crippen molar-refractivity contribution in [1.82, 2.24) is 25.6 Å². The number of hydrogen-bond acceptors (Lipinski definition) is 6. The van der Waals surface area contributed by atoms with Crippen LogP contribution < -0.4 is 5.32 Å². The van der Waals surface area contributed by atoms with Gasteiger partial charge in [0, 0.05) is 19.4 Å². The van der Waals surface area contributed by atoms with Gasteiger partial charge in [0.2, 0.25) is 0 Å². The Morgan fingerprint density at radius 1 is 1.00 bits per heavy atom. The van der Waals surface area contributed by atoms with Crippen molar-refractivity contribution in [3.05, 3.63) is 42.0 Å². The fourth-order valence-electron chi connectivity index (χ4n) is 5.62. The van der Waals surface area contributed by atoms with Gasteiger partial charge >= 0.3 is 0 Å². The average molecular weight is 427 g/mol. The molecule has 3 aliphatic rings. The molecule has 7 heteroatoms. The lowest BCUT2D eigenvalue weighted by molar-refractivity contribution is -0.120. The number of carbonyl (C=O) groups excluding carboxylic acids is 1. The molecule has 1 fully saturated rings. The molecule has 32 heavy (non-hydrogen) atoms. The Morgan fingerprint density at radius 2 is 1.97 bits per heavy atom. The summed E-state index contributed by atoms with van der Waals surface area (Å²) in [6.07, 6.45) is 6.79. The van der Waals surface area contributed by atoms with Gasteiger partial charge in [-0.1, -0.05) is 42.0 Å². The number of ketones is 1. The maximum absolute atomic E-state index is 12.7. The molecule has 0 radical (unpaired) electrons. The molecule has 2 unspecified atom stereocenters. The number of aromatic amines is 1. The molecule has 0 spiro atoms. The molecule has 1 saturated carbocycles.